The zero-order valence-electron chi connectivity index (χ0n) is 23.4. The Balaban J connectivity index is 1.98. The first-order chi connectivity index (χ1) is 19.9. The lowest BCUT2D eigenvalue weighted by Crippen LogP contribution is -2.50. The van der Waals surface area contributed by atoms with Crippen LogP contribution in [-0.2, 0) is 17.7 Å². The lowest BCUT2D eigenvalue weighted by Gasteiger charge is -2.25. The minimum absolute atomic E-state index is 0.0761. The average molecular weight is 583 g/mol. The van der Waals surface area contributed by atoms with E-state index >= 15 is 4.39 Å². The predicted octanol–water partition coefficient (Wildman–Crippen LogP) is 4.81. The molecule has 0 saturated carbocycles. The molecular formula is C30H29F3N4O5. The Labute approximate surface area is 239 Å². The van der Waals surface area contributed by atoms with Gasteiger partial charge in [0, 0.05) is 17.5 Å². The number of carbonyl (C=O) groups excluding carboxylic acids is 1. The second-order valence-corrected chi connectivity index (χ2v) is 10.3. The number of alkyl carbamates (subject to hydrolysis) is 1. The van der Waals surface area contributed by atoms with Gasteiger partial charge in [-0.25, -0.2) is 32.0 Å². The van der Waals surface area contributed by atoms with Crippen LogP contribution in [-0.4, -0.2) is 33.2 Å². The van der Waals surface area contributed by atoms with Gasteiger partial charge in [0.1, 0.15) is 23.4 Å². The number of amides is 1. The number of methoxy groups -OCH3 is 1. The first-order valence-corrected chi connectivity index (χ1v) is 12.9. The first kappa shape index (κ1) is 30.1. The Hall–Kier alpha value is -4.87. The van der Waals surface area contributed by atoms with Crippen molar-refractivity contribution in [1.82, 2.24) is 19.7 Å². The molecule has 1 amide bonds. The van der Waals surface area contributed by atoms with E-state index in [-0.39, 0.29) is 17.7 Å². The van der Waals surface area contributed by atoms with E-state index in [1.807, 2.05) is 0 Å². The molecule has 9 nitrogen and oxygen atoms in total. The van der Waals surface area contributed by atoms with E-state index in [0.717, 1.165) is 18.2 Å². The third kappa shape index (κ3) is 6.70. The van der Waals surface area contributed by atoms with E-state index in [1.54, 1.807) is 51.1 Å². The fourth-order valence-corrected chi connectivity index (χ4v) is 4.25. The molecule has 0 aliphatic heterocycles. The number of nitrogens with zero attached hydrogens (tertiary/aromatic N) is 3. The maximum atomic E-state index is 15.4. The lowest BCUT2D eigenvalue weighted by atomic mass is 10.1. The number of halogens is 3. The zero-order valence-corrected chi connectivity index (χ0v) is 23.4. The lowest BCUT2D eigenvalue weighted by molar-refractivity contribution is 0.0477. The van der Waals surface area contributed by atoms with Gasteiger partial charge in [0.15, 0.2) is 17.3 Å². The molecule has 0 saturated heterocycles. The van der Waals surface area contributed by atoms with Gasteiger partial charge in [-0.2, -0.15) is 5.10 Å². The van der Waals surface area contributed by atoms with E-state index in [0.29, 0.717) is 14.8 Å². The van der Waals surface area contributed by atoms with Gasteiger partial charge >= 0.3 is 11.8 Å². The molecule has 1 atom stereocenters. The molecule has 220 valence electrons. The summed E-state index contributed by atoms with van der Waals surface area (Å²) in [6, 6.07) is 15.8. The SMILES string of the molecule is COc1cccc(-c2nn(Cc3c(F)cccc3F)c(=O)n(C(Cc3ccccc3)NC(=O)OC(C)(C)C)c2=O)c1F. The average Bonchev–Trinajstić information content (AvgIpc) is 2.92. The summed E-state index contributed by atoms with van der Waals surface area (Å²) >= 11 is 0. The van der Waals surface area contributed by atoms with Crippen LogP contribution in [0.2, 0.25) is 0 Å². The van der Waals surface area contributed by atoms with Crippen molar-refractivity contribution in [3.63, 3.8) is 0 Å². The highest BCUT2D eigenvalue weighted by Crippen LogP contribution is 2.26. The summed E-state index contributed by atoms with van der Waals surface area (Å²) < 4.78 is 56.3. The summed E-state index contributed by atoms with van der Waals surface area (Å²) in [6.07, 6.45) is -2.38. The third-order valence-electron chi connectivity index (χ3n) is 6.14. The predicted molar refractivity (Wildman–Crippen MR) is 149 cm³/mol. The Morgan fingerprint density at radius 1 is 0.952 bits per heavy atom. The summed E-state index contributed by atoms with van der Waals surface area (Å²) in [4.78, 5) is 40.6. The van der Waals surface area contributed by atoms with Crippen molar-refractivity contribution in [1.29, 1.82) is 0 Å². The normalized spacial score (nSPS) is 12.1. The first-order valence-electron chi connectivity index (χ1n) is 12.9. The molecule has 3 aromatic carbocycles. The van der Waals surface area contributed by atoms with Crippen LogP contribution in [0.15, 0.2) is 76.3 Å². The summed E-state index contributed by atoms with van der Waals surface area (Å²) in [5.74, 6) is -3.06. The van der Waals surface area contributed by atoms with E-state index in [4.69, 9.17) is 9.47 Å². The van der Waals surface area contributed by atoms with Crippen LogP contribution >= 0.6 is 0 Å². The maximum Gasteiger partial charge on any atom is 0.409 e. The molecule has 0 spiro atoms. The highest BCUT2D eigenvalue weighted by Gasteiger charge is 2.28. The number of rotatable bonds is 8. The van der Waals surface area contributed by atoms with Crippen LogP contribution in [0, 0.1) is 17.5 Å². The molecule has 42 heavy (non-hydrogen) atoms. The summed E-state index contributed by atoms with van der Waals surface area (Å²) in [5, 5.41) is 6.59. The van der Waals surface area contributed by atoms with E-state index in [1.165, 1.54) is 25.3 Å². The van der Waals surface area contributed by atoms with Crippen molar-refractivity contribution in [2.75, 3.05) is 7.11 Å². The largest absolute Gasteiger partial charge is 0.494 e. The van der Waals surface area contributed by atoms with Crippen LogP contribution in [0.4, 0.5) is 18.0 Å². The summed E-state index contributed by atoms with van der Waals surface area (Å²) in [6.45, 7) is 4.17. The number of hydrogen-bond acceptors (Lipinski definition) is 6. The molecule has 0 aliphatic rings. The third-order valence-corrected chi connectivity index (χ3v) is 6.14. The minimum atomic E-state index is -1.37. The fourth-order valence-electron chi connectivity index (χ4n) is 4.25. The van der Waals surface area contributed by atoms with Crippen molar-refractivity contribution in [2.45, 2.75) is 45.5 Å². The van der Waals surface area contributed by atoms with Gasteiger partial charge in [-0.15, -0.1) is 0 Å². The highest BCUT2D eigenvalue weighted by molar-refractivity contribution is 5.68. The van der Waals surface area contributed by atoms with Gasteiger partial charge < -0.3 is 14.8 Å². The van der Waals surface area contributed by atoms with Crippen LogP contribution in [0.25, 0.3) is 11.3 Å². The fraction of sp³-hybridized carbons (Fsp3) is 0.267. The molecule has 0 bridgehead atoms. The smallest absolute Gasteiger partial charge is 0.409 e. The van der Waals surface area contributed by atoms with E-state index < -0.39 is 64.4 Å². The quantitative estimate of drug-likeness (QED) is 0.320. The van der Waals surface area contributed by atoms with Gasteiger partial charge in [0.05, 0.1) is 13.7 Å². The van der Waals surface area contributed by atoms with E-state index in [2.05, 4.69) is 10.4 Å². The Kier molecular flexibility index (Phi) is 8.84. The molecule has 0 radical (unpaired) electrons. The number of benzene rings is 3. The molecule has 1 heterocycles. The molecule has 0 aliphatic carbocycles. The van der Waals surface area contributed by atoms with Crippen molar-refractivity contribution in [3.05, 3.63) is 116 Å². The molecular weight excluding hydrogens is 553 g/mol. The molecule has 1 unspecified atom stereocenters. The second kappa shape index (κ2) is 12.3. The topological polar surface area (TPSA) is 104 Å². The van der Waals surface area contributed by atoms with Crippen molar-refractivity contribution in [3.8, 4) is 17.0 Å². The Morgan fingerprint density at radius 2 is 1.60 bits per heavy atom. The maximum absolute atomic E-state index is 15.4. The molecule has 4 rings (SSSR count). The van der Waals surface area contributed by atoms with Gasteiger partial charge in [0.2, 0.25) is 0 Å². The molecule has 1 N–H and O–H groups in total. The standard InChI is InChI=1S/C30H29F3N4O5/c1-30(2,3)42-28(39)34-24(16-18-10-6-5-7-11-18)37-27(38)26(19-12-8-15-23(41-4)25(19)33)35-36(29(37)40)17-20-21(31)13-9-14-22(20)32/h5-15,24H,16-17H2,1-4H3,(H,34,39). The van der Waals surface area contributed by atoms with Crippen LogP contribution in [0.1, 0.15) is 38.1 Å². The van der Waals surface area contributed by atoms with Gasteiger partial charge in [-0.3, -0.25) is 4.79 Å². The number of hydrogen-bond donors (Lipinski definition) is 1. The number of ether oxygens (including phenoxy) is 2. The molecule has 0 fully saturated rings. The highest BCUT2D eigenvalue weighted by atomic mass is 19.1. The Morgan fingerprint density at radius 3 is 2.21 bits per heavy atom. The van der Waals surface area contributed by atoms with Crippen molar-refractivity contribution >= 4 is 6.09 Å². The van der Waals surface area contributed by atoms with E-state index in [9.17, 15) is 23.2 Å². The summed E-state index contributed by atoms with van der Waals surface area (Å²) in [5.41, 5.74) is -3.83. The van der Waals surface area contributed by atoms with Crippen LogP contribution < -0.4 is 21.3 Å². The van der Waals surface area contributed by atoms with Gasteiger partial charge in [0.25, 0.3) is 5.56 Å². The number of nitrogens with one attached hydrogen (secondary N) is 1. The second-order valence-electron chi connectivity index (χ2n) is 10.3. The van der Waals surface area contributed by atoms with Crippen molar-refractivity contribution < 1.29 is 27.4 Å². The van der Waals surface area contributed by atoms with Gasteiger partial charge in [-0.1, -0.05) is 42.5 Å². The number of carbonyl (C=O) groups is 1. The van der Waals surface area contributed by atoms with Crippen LogP contribution in [0.5, 0.6) is 5.75 Å². The van der Waals surface area contributed by atoms with Crippen LogP contribution in [0.3, 0.4) is 0 Å². The monoisotopic (exact) mass is 582 g/mol. The molecule has 1 aromatic heterocycles. The van der Waals surface area contributed by atoms with Crippen molar-refractivity contribution in [2.24, 2.45) is 0 Å². The molecule has 4 aromatic rings. The van der Waals surface area contributed by atoms with Gasteiger partial charge in [-0.05, 0) is 50.6 Å². The minimum Gasteiger partial charge on any atom is -0.494 e. The summed E-state index contributed by atoms with van der Waals surface area (Å²) in [7, 11) is 1.23. The number of aromatic nitrogens is 3. The Bertz CT molecular complexity index is 1700. The molecule has 12 heteroatoms. The zero-order chi connectivity index (χ0) is 30.6.